The smallest absolute Gasteiger partial charge is 0.248 e. The Hall–Kier alpha value is -2.94. The van der Waals surface area contributed by atoms with Gasteiger partial charge in [-0.3, -0.25) is 4.79 Å². The first-order chi connectivity index (χ1) is 16.4. The van der Waals surface area contributed by atoms with Crippen LogP contribution in [0.2, 0.25) is 5.02 Å². The van der Waals surface area contributed by atoms with E-state index in [0.717, 1.165) is 18.5 Å². The molecule has 4 rings (SSSR count). The van der Waals surface area contributed by atoms with Crippen LogP contribution >= 0.6 is 11.6 Å². The van der Waals surface area contributed by atoms with Gasteiger partial charge in [-0.25, -0.2) is 9.07 Å². The molecule has 3 aromatic rings. The molecule has 0 radical (unpaired) electrons. The van der Waals surface area contributed by atoms with Crippen molar-refractivity contribution in [3.63, 3.8) is 0 Å². The number of carbonyl (C=O) groups excluding carboxylic acids is 1. The van der Waals surface area contributed by atoms with Gasteiger partial charge in [-0.15, -0.1) is 0 Å². The quantitative estimate of drug-likeness (QED) is 0.428. The highest BCUT2D eigenvalue weighted by atomic mass is 35.5. The average molecular weight is 488 g/mol. The summed E-state index contributed by atoms with van der Waals surface area (Å²) in [5.74, 6) is 0.148. The molecule has 1 aliphatic heterocycles. The number of ether oxygens (including phenoxy) is 3. The van der Waals surface area contributed by atoms with E-state index in [-0.39, 0.29) is 25.2 Å². The normalized spacial score (nSPS) is 15.5. The maximum absolute atomic E-state index is 13.9. The molecule has 1 aromatic heterocycles. The minimum Gasteiger partial charge on any atom is -0.438 e. The van der Waals surface area contributed by atoms with Gasteiger partial charge in [0.2, 0.25) is 11.8 Å². The number of aryl methyl sites for hydroxylation is 1. The van der Waals surface area contributed by atoms with Gasteiger partial charge in [0.15, 0.2) is 0 Å². The molecule has 0 bridgehead atoms. The Labute approximate surface area is 203 Å². The molecule has 2 heterocycles. The Bertz CT molecular complexity index is 1130. The van der Waals surface area contributed by atoms with Gasteiger partial charge >= 0.3 is 0 Å². The van der Waals surface area contributed by atoms with Gasteiger partial charge < -0.3 is 19.1 Å². The van der Waals surface area contributed by atoms with Crippen molar-refractivity contribution in [2.45, 2.75) is 32.4 Å². The van der Waals surface area contributed by atoms with Crippen LogP contribution < -0.4 is 4.74 Å². The number of rotatable bonds is 9. The summed E-state index contributed by atoms with van der Waals surface area (Å²) in [5.41, 5.74) is 2.12. The van der Waals surface area contributed by atoms with E-state index in [0.29, 0.717) is 41.1 Å². The lowest BCUT2D eigenvalue weighted by Gasteiger charge is -2.25. The number of carbonyl (C=O) groups is 1. The topological polar surface area (TPSA) is 65.8 Å². The largest absolute Gasteiger partial charge is 0.438 e. The molecule has 0 spiro atoms. The lowest BCUT2D eigenvalue weighted by molar-refractivity contribution is -0.137. The third-order valence-electron chi connectivity index (χ3n) is 5.64. The first kappa shape index (κ1) is 24.2. The lowest BCUT2D eigenvalue weighted by atomic mass is 10.2. The maximum Gasteiger partial charge on any atom is 0.248 e. The Morgan fingerprint density at radius 2 is 2.09 bits per heavy atom. The van der Waals surface area contributed by atoms with Crippen LogP contribution in [0.25, 0.3) is 5.69 Å². The van der Waals surface area contributed by atoms with E-state index in [2.05, 4.69) is 5.10 Å². The van der Waals surface area contributed by atoms with E-state index in [1.807, 2.05) is 19.1 Å². The second kappa shape index (κ2) is 11.0. The summed E-state index contributed by atoms with van der Waals surface area (Å²) in [6, 6.07) is 13.0. The van der Waals surface area contributed by atoms with Gasteiger partial charge in [-0.1, -0.05) is 17.7 Å². The SMILES string of the molecule is COCC(=O)N(Cc1c(C)nn(-c2ccc(Cl)cc2)c1Oc1cccc(F)c1)CC1CCCO1. The Morgan fingerprint density at radius 1 is 1.29 bits per heavy atom. The number of methoxy groups -OCH3 is 1. The molecule has 9 heteroatoms. The van der Waals surface area contributed by atoms with E-state index in [9.17, 15) is 9.18 Å². The Morgan fingerprint density at radius 3 is 2.76 bits per heavy atom. The van der Waals surface area contributed by atoms with Crippen LogP contribution in [-0.4, -0.2) is 53.6 Å². The minimum absolute atomic E-state index is 0.0278. The van der Waals surface area contributed by atoms with E-state index in [1.54, 1.807) is 33.8 Å². The summed E-state index contributed by atoms with van der Waals surface area (Å²) in [6.07, 6.45) is 1.84. The fourth-order valence-electron chi connectivity index (χ4n) is 3.92. The summed E-state index contributed by atoms with van der Waals surface area (Å²) in [5, 5.41) is 5.26. The van der Waals surface area contributed by atoms with Gasteiger partial charge in [0.05, 0.1) is 29.6 Å². The molecule has 1 atom stereocenters. The molecule has 0 saturated carbocycles. The first-order valence-corrected chi connectivity index (χ1v) is 11.5. The van der Waals surface area contributed by atoms with Crippen molar-refractivity contribution < 1.29 is 23.4 Å². The second-order valence-electron chi connectivity index (χ2n) is 8.16. The van der Waals surface area contributed by atoms with Crippen molar-refractivity contribution in [1.82, 2.24) is 14.7 Å². The highest BCUT2D eigenvalue weighted by molar-refractivity contribution is 6.30. The molecular weight excluding hydrogens is 461 g/mol. The van der Waals surface area contributed by atoms with Crippen LogP contribution in [0.4, 0.5) is 4.39 Å². The molecule has 1 unspecified atom stereocenters. The third kappa shape index (κ3) is 5.75. The number of hydrogen-bond acceptors (Lipinski definition) is 5. The Kier molecular flexibility index (Phi) is 7.82. The summed E-state index contributed by atoms with van der Waals surface area (Å²) < 4.78 is 32.5. The zero-order chi connectivity index (χ0) is 24.1. The van der Waals surface area contributed by atoms with E-state index < -0.39 is 5.82 Å². The van der Waals surface area contributed by atoms with Gasteiger partial charge in [0.1, 0.15) is 18.2 Å². The van der Waals surface area contributed by atoms with E-state index in [4.69, 9.17) is 25.8 Å². The summed E-state index contributed by atoms with van der Waals surface area (Å²) in [7, 11) is 1.49. The van der Waals surface area contributed by atoms with Crippen molar-refractivity contribution in [2.24, 2.45) is 0 Å². The molecule has 1 fully saturated rings. The molecule has 7 nitrogen and oxygen atoms in total. The van der Waals surface area contributed by atoms with Crippen LogP contribution in [0, 0.1) is 12.7 Å². The number of halogens is 2. The van der Waals surface area contributed by atoms with E-state index >= 15 is 0 Å². The summed E-state index contributed by atoms with van der Waals surface area (Å²) in [4.78, 5) is 14.6. The molecule has 180 valence electrons. The van der Waals surface area contributed by atoms with Gasteiger partial charge in [0.25, 0.3) is 0 Å². The van der Waals surface area contributed by atoms with Crippen LogP contribution in [0.3, 0.4) is 0 Å². The summed E-state index contributed by atoms with van der Waals surface area (Å²) >= 11 is 6.07. The Balaban J connectivity index is 1.73. The molecule has 34 heavy (non-hydrogen) atoms. The van der Waals surface area contributed by atoms with Crippen molar-refractivity contribution in [3.8, 4) is 17.3 Å². The second-order valence-corrected chi connectivity index (χ2v) is 8.60. The van der Waals surface area contributed by atoms with Crippen molar-refractivity contribution in [2.75, 3.05) is 26.9 Å². The lowest BCUT2D eigenvalue weighted by Crippen LogP contribution is -2.39. The number of aromatic nitrogens is 2. The van der Waals surface area contributed by atoms with Crippen molar-refractivity contribution in [3.05, 3.63) is 70.6 Å². The zero-order valence-corrected chi connectivity index (χ0v) is 19.9. The number of benzene rings is 2. The molecule has 0 aliphatic carbocycles. The zero-order valence-electron chi connectivity index (χ0n) is 19.2. The standard InChI is InChI=1S/C25H27ClFN3O4/c1-17-23(15-29(24(31)16-32-2)14-22-7-4-12-33-22)25(34-21-6-3-5-19(27)13-21)30(28-17)20-10-8-18(26)9-11-20/h3,5-6,8-11,13,22H,4,7,12,14-16H2,1-2H3. The highest BCUT2D eigenvalue weighted by Gasteiger charge is 2.27. The highest BCUT2D eigenvalue weighted by Crippen LogP contribution is 2.32. The molecule has 1 saturated heterocycles. The summed E-state index contributed by atoms with van der Waals surface area (Å²) in [6.45, 7) is 3.18. The third-order valence-corrected chi connectivity index (χ3v) is 5.89. The van der Waals surface area contributed by atoms with Gasteiger partial charge in [-0.05, 0) is 56.2 Å². The van der Waals surface area contributed by atoms with Crippen LogP contribution in [-0.2, 0) is 20.8 Å². The molecular formula is C25H27ClFN3O4. The fraction of sp³-hybridized carbons (Fsp3) is 0.360. The average Bonchev–Trinajstić information content (AvgIpc) is 3.43. The van der Waals surface area contributed by atoms with Gasteiger partial charge in [0, 0.05) is 31.4 Å². The molecule has 1 amide bonds. The van der Waals surface area contributed by atoms with Gasteiger partial charge in [-0.2, -0.15) is 5.10 Å². The monoisotopic (exact) mass is 487 g/mol. The number of amides is 1. The fourth-order valence-corrected chi connectivity index (χ4v) is 4.04. The van der Waals surface area contributed by atoms with Crippen molar-refractivity contribution >= 4 is 17.5 Å². The number of hydrogen-bond donors (Lipinski definition) is 0. The predicted molar refractivity (Wildman–Crippen MR) is 126 cm³/mol. The predicted octanol–water partition coefficient (Wildman–Crippen LogP) is 4.92. The van der Waals surface area contributed by atoms with Crippen molar-refractivity contribution in [1.29, 1.82) is 0 Å². The maximum atomic E-state index is 13.9. The van der Waals surface area contributed by atoms with Crippen LogP contribution in [0.15, 0.2) is 48.5 Å². The first-order valence-electron chi connectivity index (χ1n) is 11.1. The molecule has 0 N–H and O–H groups in total. The molecule has 1 aliphatic rings. The minimum atomic E-state index is -0.413. The van der Waals surface area contributed by atoms with Crippen LogP contribution in [0.1, 0.15) is 24.1 Å². The van der Waals surface area contributed by atoms with E-state index in [1.165, 1.54) is 19.2 Å². The molecule has 2 aromatic carbocycles. The number of nitrogens with zero attached hydrogens (tertiary/aromatic N) is 3. The van der Waals surface area contributed by atoms with Crippen LogP contribution in [0.5, 0.6) is 11.6 Å².